The Labute approximate surface area is 164 Å². The average molecular weight is 454 g/mol. The van der Waals surface area contributed by atoms with Crippen molar-refractivity contribution in [2.45, 2.75) is 0 Å². The molecule has 4 N–H and O–H groups in total. The lowest BCUT2D eigenvalue weighted by molar-refractivity contribution is 1.17. The number of hydrogen-bond donors (Lipinski definition) is 3. The van der Waals surface area contributed by atoms with Crippen molar-refractivity contribution in [1.82, 2.24) is 15.0 Å². The van der Waals surface area contributed by atoms with Gasteiger partial charge in [0.25, 0.3) is 0 Å². The van der Waals surface area contributed by atoms with Crippen LogP contribution in [0.4, 0.5) is 28.7 Å². The molecule has 0 atom stereocenters. The van der Waals surface area contributed by atoms with Gasteiger partial charge in [-0.05, 0) is 59.0 Å². The summed E-state index contributed by atoms with van der Waals surface area (Å²) >= 11 is 2.26. The maximum Gasteiger partial charge on any atom is 0.159 e. The van der Waals surface area contributed by atoms with Crippen LogP contribution in [0.2, 0.25) is 0 Å². The Morgan fingerprint density at radius 3 is 2.35 bits per heavy atom. The van der Waals surface area contributed by atoms with Gasteiger partial charge in [-0.1, -0.05) is 18.2 Å². The van der Waals surface area contributed by atoms with Gasteiger partial charge >= 0.3 is 0 Å². The number of para-hydroxylation sites is 1. The maximum absolute atomic E-state index is 6.28. The molecule has 0 aliphatic heterocycles. The Morgan fingerprint density at radius 2 is 1.54 bits per heavy atom. The minimum absolute atomic E-state index is 0.444. The van der Waals surface area contributed by atoms with Crippen LogP contribution < -0.4 is 16.4 Å². The smallest absolute Gasteiger partial charge is 0.159 e. The van der Waals surface area contributed by atoms with Crippen molar-refractivity contribution in [3.05, 3.63) is 70.7 Å². The van der Waals surface area contributed by atoms with Gasteiger partial charge < -0.3 is 16.4 Å². The van der Waals surface area contributed by atoms with Crippen molar-refractivity contribution in [3.8, 4) is 0 Å². The van der Waals surface area contributed by atoms with E-state index in [4.69, 9.17) is 5.73 Å². The third-order valence-electron chi connectivity index (χ3n) is 3.88. The zero-order chi connectivity index (χ0) is 17.9. The van der Waals surface area contributed by atoms with Gasteiger partial charge in [-0.2, -0.15) is 0 Å². The van der Waals surface area contributed by atoms with Gasteiger partial charge in [0.2, 0.25) is 0 Å². The number of benzene rings is 2. The Balaban J connectivity index is 1.66. The molecule has 7 heteroatoms. The average Bonchev–Trinajstić information content (AvgIpc) is 2.67. The third-order valence-corrected chi connectivity index (χ3v) is 4.60. The molecule has 0 unspecified atom stereocenters. The highest BCUT2D eigenvalue weighted by Crippen LogP contribution is 2.30. The molecule has 0 spiro atoms. The predicted molar refractivity (Wildman–Crippen MR) is 114 cm³/mol. The molecule has 0 amide bonds. The fourth-order valence-electron chi connectivity index (χ4n) is 2.60. The normalized spacial score (nSPS) is 10.7. The largest absolute Gasteiger partial charge is 0.393 e. The first-order valence-electron chi connectivity index (χ1n) is 7.94. The van der Waals surface area contributed by atoms with Crippen LogP contribution in [-0.2, 0) is 0 Å². The van der Waals surface area contributed by atoms with Gasteiger partial charge in [0.05, 0.1) is 11.2 Å². The summed E-state index contributed by atoms with van der Waals surface area (Å²) in [5.74, 6) is 1.09. The van der Waals surface area contributed by atoms with Crippen molar-refractivity contribution in [3.63, 3.8) is 0 Å². The van der Waals surface area contributed by atoms with Crippen LogP contribution >= 0.6 is 22.6 Å². The lowest BCUT2D eigenvalue weighted by Gasteiger charge is -2.13. The number of nitrogens with two attached hydrogens (primary N) is 1. The van der Waals surface area contributed by atoms with E-state index in [9.17, 15) is 0 Å². The summed E-state index contributed by atoms with van der Waals surface area (Å²) in [7, 11) is 0. The molecule has 0 aliphatic rings. The molecule has 26 heavy (non-hydrogen) atoms. The number of nitrogen functional groups attached to an aromatic ring is 1. The van der Waals surface area contributed by atoms with Crippen molar-refractivity contribution in [1.29, 1.82) is 0 Å². The van der Waals surface area contributed by atoms with Crippen LogP contribution in [0, 0.1) is 3.57 Å². The molecule has 0 aliphatic carbocycles. The lowest BCUT2D eigenvalue weighted by Crippen LogP contribution is -2.05. The number of anilines is 5. The predicted octanol–water partition coefficient (Wildman–Crippen LogP) is 4.70. The van der Waals surface area contributed by atoms with Crippen LogP contribution in [0.1, 0.15) is 0 Å². The third kappa shape index (κ3) is 3.38. The highest BCUT2D eigenvalue weighted by molar-refractivity contribution is 14.1. The summed E-state index contributed by atoms with van der Waals surface area (Å²) in [4.78, 5) is 13.0. The first-order valence-corrected chi connectivity index (χ1v) is 9.02. The number of nitrogens with one attached hydrogen (secondary N) is 2. The van der Waals surface area contributed by atoms with Crippen LogP contribution in [0.15, 0.2) is 67.1 Å². The number of pyridine rings is 1. The summed E-state index contributed by atoms with van der Waals surface area (Å²) in [5.41, 5.74) is 9.34. The van der Waals surface area contributed by atoms with Crippen molar-refractivity contribution < 1.29 is 0 Å². The highest BCUT2D eigenvalue weighted by Gasteiger charge is 2.10. The van der Waals surface area contributed by atoms with E-state index in [2.05, 4.69) is 48.2 Å². The number of fused-ring (bicyclic) bond motifs is 1. The molecule has 2 aromatic carbocycles. The molecule has 2 aromatic heterocycles. The van der Waals surface area contributed by atoms with Crippen LogP contribution in [-0.4, -0.2) is 15.0 Å². The van der Waals surface area contributed by atoms with Crippen LogP contribution in [0.3, 0.4) is 0 Å². The monoisotopic (exact) mass is 454 g/mol. The van der Waals surface area contributed by atoms with E-state index in [1.165, 1.54) is 6.33 Å². The maximum atomic E-state index is 6.28. The van der Waals surface area contributed by atoms with E-state index in [-0.39, 0.29) is 0 Å². The second-order valence-electron chi connectivity index (χ2n) is 5.62. The van der Waals surface area contributed by atoms with Crippen molar-refractivity contribution >= 4 is 62.2 Å². The van der Waals surface area contributed by atoms with Gasteiger partial charge in [-0.25, -0.2) is 9.97 Å². The van der Waals surface area contributed by atoms with E-state index >= 15 is 0 Å². The molecule has 0 bridgehead atoms. The van der Waals surface area contributed by atoms with Crippen LogP contribution in [0.5, 0.6) is 0 Å². The summed E-state index contributed by atoms with van der Waals surface area (Å²) in [6, 6.07) is 17.8. The molecule has 6 nitrogen and oxygen atoms in total. The van der Waals surface area contributed by atoms with E-state index in [1.54, 1.807) is 6.20 Å². The van der Waals surface area contributed by atoms with Gasteiger partial charge in [0.1, 0.15) is 12.0 Å². The molecule has 0 saturated carbocycles. The minimum atomic E-state index is 0.444. The molecule has 128 valence electrons. The zero-order valence-corrected chi connectivity index (χ0v) is 15.8. The number of hydrogen-bond acceptors (Lipinski definition) is 6. The highest BCUT2D eigenvalue weighted by atomic mass is 127. The number of nitrogens with zero attached hydrogens (tertiary/aromatic N) is 3. The van der Waals surface area contributed by atoms with Crippen molar-refractivity contribution in [2.75, 3.05) is 16.4 Å². The second-order valence-corrected chi connectivity index (χ2v) is 6.87. The van der Waals surface area contributed by atoms with Gasteiger partial charge in [0.15, 0.2) is 11.6 Å². The molecule has 2 heterocycles. The molecule has 4 rings (SSSR count). The fourth-order valence-corrected chi connectivity index (χ4v) is 2.96. The standard InChI is InChI=1S/C19H15IN6/c20-13-6-8-14(9-7-13)25-18-16(21)19(24-11-23-18)26-15-5-1-3-12-4-2-10-22-17(12)15/h1-11H,21H2,(H2,23,24,25,26). The number of rotatable bonds is 4. The first-order chi connectivity index (χ1) is 12.7. The summed E-state index contributed by atoms with van der Waals surface area (Å²) in [5, 5.41) is 7.54. The Kier molecular flexibility index (Phi) is 4.53. The molecular weight excluding hydrogens is 439 g/mol. The Bertz CT molecular complexity index is 1060. The summed E-state index contributed by atoms with van der Waals surface area (Å²) in [6.07, 6.45) is 3.24. The van der Waals surface area contributed by atoms with E-state index < -0.39 is 0 Å². The second kappa shape index (κ2) is 7.12. The molecule has 4 aromatic rings. The number of aromatic nitrogens is 3. The Morgan fingerprint density at radius 1 is 0.808 bits per heavy atom. The fraction of sp³-hybridized carbons (Fsp3) is 0. The lowest BCUT2D eigenvalue weighted by atomic mass is 10.2. The van der Waals surface area contributed by atoms with Crippen molar-refractivity contribution in [2.24, 2.45) is 0 Å². The topological polar surface area (TPSA) is 88.8 Å². The molecule has 0 fully saturated rings. The van der Waals surface area contributed by atoms with Gasteiger partial charge in [-0.3, -0.25) is 4.98 Å². The van der Waals surface area contributed by atoms with E-state index in [1.807, 2.05) is 54.6 Å². The zero-order valence-electron chi connectivity index (χ0n) is 13.6. The van der Waals surface area contributed by atoms with Gasteiger partial charge in [-0.15, -0.1) is 0 Å². The molecule has 0 radical (unpaired) electrons. The van der Waals surface area contributed by atoms with Gasteiger partial charge in [0, 0.05) is 20.8 Å². The minimum Gasteiger partial charge on any atom is -0.393 e. The summed E-state index contributed by atoms with van der Waals surface area (Å²) < 4.78 is 1.16. The van der Waals surface area contributed by atoms with Crippen LogP contribution in [0.25, 0.3) is 10.9 Å². The SMILES string of the molecule is Nc1c(Nc2ccc(I)cc2)ncnc1Nc1cccc2cccnc12. The summed E-state index contributed by atoms with van der Waals surface area (Å²) in [6.45, 7) is 0. The molecular formula is C19H15IN6. The van der Waals surface area contributed by atoms with E-state index in [0.29, 0.717) is 17.3 Å². The number of halogens is 1. The Hall–Kier alpha value is -2.94. The van der Waals surface area contributed by atoms with E-state index in [0.717, 1.165) is 25.8 Å². The quantitative estimate of drug-likeness (QED) is 0.388. The first kappa shape index (κ1) is 16.5. The molecule has 0 saturated heterocycles.